The molecule has 2 atom stereocenters. The van der Waals surface area contributed by atoms with Crippen LogP contribution in [-0.2, 0) is 0 Å². The minimum absolute atomic E-state index is 0.261. The molecule has 0 amide bonds. The van der Waals surface area contributed by atoms with Gasteiger partial charge < -0.3 is 5.73 Å². The molecule has 1 rings (SSSR count). The predicted molar refractivity (Wildman–Crippen MR) is 65.0 cm³/mol. The maximum atomic E-state index is 5.90. The first-order valence-electron chi connectivity index (χ1n) is 4.75. The fourth-order valence-corrected chi connectivity index (χ4v) is 2.82. The van der Waals surface area contributed by atoms with E-state index < -0.39 is 0 Å². The first-order valence-corrected chi connectivity index (χ1v) is 6.01. The lowest BCUT2D eigenvalue weighted by molar-refractivity contribution is 0.663. The smallest absolute Gasteiger partial charge is 0.0417 e. The molecule has 78 valence electrons. The van der Waals surface area contributed by atoms with Crippen LogP contribution in [0, 0.1) is 0 Å². The fraction of sp³-hybridized carbons (Fsp3) is 0.455. The lowest BCUT2D eigenvalue weighted by atomic mass is 10.2. The van der Waals surface area contributed by atoms with E-state index in [0.717, 1.165) is 11.4 Å². The molecule has 0 fully saturated rings. The highest BCUT2D eigenvalue weighted by Gasteiger charge is 2.06. The predicted octanol–water partition coefficient (Wildman–Crippen LogP) is 3.56. The standard InChI is InChI=1S/C11H16ClNS/c1-8(13)6-9(2)14-11-5-3-4-10(12)7-11/h3-5,7-9H,6,13H2,1-2H3. The Hall–Kier alpha value is -0.180. The molecule has 3 heteroatoms. The van der Waals surface area contributed by atoms with Gasteiger partial charge in [-0.2, -0.15) is 0 Å². The first-order chi connectivity index (χ1) is 6.58. The Kier molecular flexibility index (Phi) is 4.79. The van der Waals surface area contributed by atoms with Crippen LogP contribution in [0.5, 0.6) is 0 Å². The maximum absolute atomic E-state index is 5.90. The van der Waals surface area contributed by atoms with Crippen molar-refractivity contribution >= 4 is 23.4 Å². The summed E-state index contributed by atoms with van der Waals surface area (Å²) in [6.45, 7) is 4.23. The number of rotatable bonds is 4. The van der Waals surface area contributed by atoms with Crippen LogP contribution in [0.3, 0.4) is 0 Å². The van der Waals surface area contributed by atoms with E-state index in [1.165, 1.54) is 4.90 Å². The van der Waals surface area contributed by atoms with E-state index in [1.54, 1.807) is 0 Å². The number of nitrogens with two attached hydrogens (primary N) is 1. The molecule has 1 aromatic carbocycles. The Balaban J connectivity index is 2.51. The highest BCUT2D eigenvalue weighted by atomic mass is 35.5. The molecule has 0 aliphatic heterocycles. The van der Waals surface area contributed by atoms with Gasteiger partial charge in [0.1, 0.15) is 0 Å². The summed E-state index contributed by atoms with van der Waals surface area (Å²) in [4.78, 5) is 1.21. The lowest BCUT2D eigenvalue weighted by Gasteiger charge is -2.13. The van der Waals surface area contributed by atoms with Gasteiger partial charge in [0.05, 0.1) is 0 Å². The van der Waals surface area contributed by atoms with Gasteiger partial charge >= 0.3 is 0 Å². The summed E-state index contributed by atoms with van der Waals surface area (Å²) in [7, 11) is 0. The Labute approximate surface area is 95.0 Å². The topological polar surface area (TPSA) is 26.0 Å². The summed E-state index contributed by atoms with van der Waals surface area (Å²) in [5.74, 6) is 0. The average Bonchev–Trinajstić information content (AvgIpc) is 2.01. The van der Waals surface area contributed by atoms with Gasteiger partial charge in [-0.25, -0.2) is 0 Å². The van der Waals surface area contributed by atoms with Crippen molar-refractivity contribution in [3.63, 3.8) is 0 Å². The zero-order chi connectivity index (χ0) is 10.6. The quantitative estimate of drug-likeness (QED) is 0.800. The summed E-state index contributed by atoms with van der Waals surface area (Å²) in [6.07, 6.45) is 1.02. The van der Waals surface area contributed by atoms with E-state index in [2.05, 4.69) is 13.0 Å². The van der Waals surface area contributed by atoms with Crippen LogP contribution in [0.15, 0.2) is 29.2 Å². The molecule has 2 N–H and O–H groups in total. The highest BCUT2D eigenvalue weighted by molar-refractivity contribution is 7.99. The SMILES string of the molecule is CC(N)CC(C)Sc1cccc(Cl)c1. The van der Waals surface area contributed by atoms with Gasteiger partial charge in [-0.05, 0) is 31.5 Å². The Morgan fingerprint density at radius 2 is 2.14 bits per heavy atom. The molecule has 0 saturated carbocycles. The number of hydrogen-bond donors (Lipinski definition) is 1. The summed E-state index contributed by atoms with van der Waals surface area (Å²) < 4.78 is 0. The molecule has 0 spiro atoms. The molecule has 14 heavy (non-hydrogen) atoms. The molecular weight excluding hydrogens is 214 g/mol. The van der Waals surface area contributed by atoms with Crippen molar-refractivity contribution in [3.8, 4) is 0 Å². The number of halogens is 1. The lowest BCUT2D eigenvalue weighted by Crippen LogP contribution is -2.19. The molecule has 1 aromatic rings. The number of thioether (sulfide) groups is 1. The molecule has 0 bridgehead atoms. The van der Waals surface area contributed by atoms with E-state index in [4.69, 9.17) is 17.3 Å². The second-order valence-corrected chi connectivity index (χ2v) is 5.55. The van der Waals surface area contributed by atoms with E-state index in [-0.39, 0.29) is 6.04 Å². The summed E-state index contributed by atoms with van der Waals surface area (Å²) in [6, 6.07) is 8.19. The average molecular weight is 230 g/mol. The van der Waals surface area contributed by atoms with Gasteiger partial charge in [0.25, 0.3) is 0 Å². The Bertz CT molecular complexity index is 288. The van der Waals surface area contributed by atoms with Gasteiger partial charge in [-0.15, -0.1) is 11.8 Å². The molecule has 0 aromatic heterocycles. The molecule has 0 radical (unpaired) electrons. The monoisotopic (exact) mass is 229 g/mol. The number of hydrogen-bond acceptors (Lipinski definition) is 2. The zero-order valence-electron chi connectivity index (χ0n) is 8.53. The third-order valence-corrected chi connectivity index (χ3v) is 3.19. The fourth-order valence-electron chi connectivity index (χ4n) is 1.34. The minimum atomic E-state index is 0.261. The number of benzene rings is 1. The van der Waals surface area contributed by atoms with Crippen molar-refractivity contribution < 1.29 is 0 Å². The zero-order valence-corrected chi connectivity index (χ0v) is 10.1. The van der Waals surface area contributed by atoms with E-state index >= 15 is 0 Å². The first kappa shape index (κ1) is 11.9. The van der Waals surface area contributed by atoms with Gasteiger partial charge in [-0.3, -0.25) is 0 Å². The van der Waals surface area contributed by atoms with E-state index in [0.29, 0.717) is 5.25 Å². The van der Waals surface area contributed by atoms with Crippen molar-refractivity contribution in [1.29, 1.82) is 0 Å². The highest BCUT2D eigenvalue weighted by Crippen LogP contribution is 2.27. The van der Waals surface area contributed by atoms with Crippen molar-refractivity contribution in [2.45, 2.75) is 36.5 Å². The van der Waals surface area contributed by atoms with Gasteiger partial charge in [0.2, 0.25) is 0 Å². The minimum Gasteiger partial charge on any atom is -0.328 e. The van der Waals surface area contributed by atoms with Gasteiger partial charge in [0.15, 0.2) is 0 Å². The Morgan fingerprint density at radius 1 is 1.43 bits per heavy atom. The molecule has 0 saturated heterocycles. The van der Waals surface area contributed by atoms with Crippen molar-refractivity contribution in [1.82, 2.24) is 0 Å². The molecule has 0 aliphatic carbocycles. The van der Waals surface area contributed by atoms with Crippen LogP contribution in [-0.4, -0.2) is 11.3 Å². The van der Waals surface area contributed by atoms with Crippen molar-refractivity contribution in [3.05, 3.63) is 29.3 Å². The van der Waals surface area contributed by atoms with Crippen LogP contribution in [0.2, 0.25) is 5.02 Å². The second-order valence-electron chi connectivity index (χ2n) is 3.60. The molecule has 1 nitrogen and oxygen atoms in total. The van der Waals surface area contributed by atoms with Crippen LogP contribution >= 0.6 is 23.4 Å². The summed E-state index contributed by atoms with van der Waals surface area (Å²) in [5, 5.41) is 1.33. The normalized spacial score (nSPS) is 15.1. The van der Waals surface area contributed by atoms with E-state index in [9.17, 15) is 0 Å². The van der Waals surface area contributed by atoms with Crippen LogP contribution < -0.4 is 5.73 Å². The molecule has 2 unspecified atom stereocenters. The van der Waals surface area contributed by atoms with E-state index in [1.807, 2.05) is 36.9 Å². The molecule has 0 heterocycles. The molecule has 0 aliphatic rings. The Morgan fingerprint density at radius 3 is 2.71 bits per heavy atom. The van der Waals surface area contributed by atoms with Gasteiger partial charge in [-0.1, -0.05) is 24.6 Å². The van der Waals surface area contributed by atoms with Gasteiger partial charge in [0, 0.05) is 21.2 Å². The van der Waals surface area contributed by atoms with Crippen molar-refractivity contribution in [2.75, 3.05) is 0 Å². The van der Waals surface area contributed by atoms with Crippen LogP contribution in [0.1, 0.15) is 20.3 Å². The van der Waals surface area contributed by atoms with Crippen LogP contribution in [0.25, 0.3) is 0 Å². The maximum Gasteiger partial charge on any atom is 0.0417 e. The largest absolute Gasteiger partial charge is 0.328 e. The third-order valence-electron chi connectivity index (χ3n) is 1.84. The molecular formula is C11H16ClNS. The summed E-state index contributed by atoms with van der Waals surface area (Å²) in [5.41, 5.74) is 5.74. The van der Waals surface area contributed by atoms with Crippen LogP contribution in [0.4, 0.5) is 0 Å². The second kappa shape index (κ2) is 5.64. The van der Waals surface area contributed by atoms with Crippen molar-refractivity contribution in [2.24, 2.45) is 5.73 Å². The third kappa shape index (κ3) is 4.36. The summed E-state index contributed by atoms with van der Waals surface area (Å²) >= 11 is 7.72.